The molecule has 16 heavy (non-hydrogen) atoms. The van der Waals surface area contributed by atoms with Gasteiger partial charge in [0.1, 0.15) is 0 Å². The van der Waals surface area contributed by atoms with Crippen molar-refractivity contribution in [3.63, 3.8) is 0 Å². The van der Waals surface area contributed by atoms with Crippen molar-refractivity contribution in [1.82, 2.24) is 4.90 Å². The molecule has 0 bridgehead atoms. The summed E-state index contributed by atoms with van der Waals surface area (Å²) in [5, 5.41) is 0. The van der Waals surface area contributed by atoms with Crippen LogP contribution in [0.1, 0.15) is 30.4 Å². The number of likely N-dealkylation sites (N-methyl/N-ethyl adjacent to an activating group) is 1. The third-order valence-electron chi connectivity index (χ3n) is 3.14. The van der Waals surface area contributed by atoms with E-state index in [2.05, 4.69) is 6.92 Å². The highest BCUT2D eigenvalue weighted by Crippen LogP contribution is 2.29. The minimum Gasteiger partial charge on any atom is -0.285 e. The minimum absolute atomic E-state index is 0.0850. The van der Waals surface area contributed by atoms with Gasteiger partial charge in [0.2, 0.25) is 11.8 Å². The highest BCUT2D eigenvalue weighted by atomic mass is 16.2. The molecule has 1 aliphatic heterocycles. The second kappa shape index (κ2) is 4.08. The number of likely N-dealkylation sites (tertiary alicyclic amines) is 1. The van der Waals surface area contributed by atoms with Gasteiger partial charge in [-0.05, 0) is 17.5 Å². The van der Waals surface area contributed by atoms with E-state index in [-0.39, 0.29) is 17.7 Å². The van der Waals surface area contributed by atoms with Gasteiger partial charge in [-0.1, -0.05) is 31.2 Å². The fourth-order valence-corrected chi connectivity index (χ4v) is 2.05. The van der Waals surface area contributed by atoms with Crippen molar-refractivity contribution >= 4 is 11.8 Å². The van der Waals surface area contributed by atoms with Crippen molar-refractivity contribution in [1.29, 1.82) is 0 Å². The molecule has 0 aromatic heterocycles. The van der Waals surface area contributed by atoms with Crippen LogP contribution >= 0.6 is 0 Å². The molecule has 3 heteroatoms. The molecule has 1 aromatic rings. The van der Waals surface area contributed by atoms with Crippen molar-refractivity contribution in [2.24, 2.45) is 0 Å². The fraction of sp³-hybridized carbons (Fsp3) is 0.385. The van der Waals surface area contributed by atoms with Crippen LogP contribution in [0.25, 0.3) is 0 Å². The summed E-state index contributed by atoms with van der Waals surface area (Å²) in [5.41, 5.74) is 2.16. The summed E-state index contributed by atoms with van der Waals surface area (Å²) in [6, 6.07) is 7.93. The van der Waals surface area contributed by atoms with Gasteiger partial charge in [0.05, 0.1) is 5.92 Å². The van der Waals surface area contributed by atoms with Crippen molar-refractivity contribution < 1.29 is 9.59 Å². The number of hydrogen-bond acceptors (Lipinski definition) is 2. The lowest BCUT2D eigenvalue weighted by Crippen LogP contribution is -2.25. The molecular formula is C13H15NO2. The molecule has 1 unspecified atom stereocenters. The zero-order valence-corrected chi connectivity index (χ0v) is 9.56. The van der Waals surface area contributed by atoms with E-state index in [4.69, 9.17) is 0 Å². The molecule has 1 aromatic carbocycles. The topological polar surface area (TPSA) is 37.4 Å². The Morgan fingerprint density at radius 2 is 2.12 bits per heavy atom. The third kappa shape index (κ3) is 1.73. The predicted molar refractivity (Wildman–Crippen MR) is 61.0 cm³/mol. The van der Waals surface area contributed by atoms with E-state index in [0.29, 0.717) is 6.42 Å². The molecule has 0 aliphatic carbocycles. The first-order valence-electron chi connectivity index (χ1n) is 5.52. The highest BCUT2D eigenvalue weighted by Gasteiger charge is 2.36. The summed E-state index contributed by atoms with van der Waals surface area (Å²) in [6.07, 6.45) is 1.25. The fourth-order valence-electron chi connectivity index (χ4n) is 2.05. The molecule has 2 rings (SSSR count). The van der Waals surface area contributed by atoms with Crippen molar-refractivity contribution in [3.8, 4) is 0 Å². The van der Waals surface area contributed by atoms with Gasteiger partial charge in [0.15, 0.2) is 0 Å². The standard InChI is InChI=1S/C13H15NO2/c1-3-9-5-4-6-10(7-9)11-8-12(15)14(2)13(11)16/h4-7,11H,3,8H2,1-2H3. The van der Waals surface area contributed by atoms with Gasteiger partial charge in [-0.3, -0.25) is 14.5 Å². The highest BCUT2D eigenvalue weighted by molar-refractivity contribution is 6.05. The number of carbonyl (C=O) groups is 2. The number of amides is 2. The lowest BCUT2D eigenvalue weighted by Gasteiger charge is -2.10. The van der Waals surface area contributed by atoms with Crippen molar-refractivity contribution in [3.05, 3.63) is 35.4 Å². The quantitative estimate of drug-likeness (QED) is 0.707. The molecule has 1 saturated heterocycles. The van der Waals surface area contributed by atoms with Gasteiger partial charge in [-0.15, -0.1) is 0 Å². The van der Waals surface area contributed by atoms with Crippen LogP contribution in [0.4, 0.5) is 0 Å². The van der Waals surface area contributed by atoms with E-state index in [1.807, 2.05) is 24.3 Å². The number of hydrogen-bond donors (Lipinski definition) is 0. The first-order valence-corrected chi connectivity index (χ1v) is 5.52. The Morgan fingerprint density at radius 1 is 1.38 bits per heavy atom. The zero-order valence-electron chi connectivity index (χ0n) is 9.56. The Hall–Kier alpha value is -1.64. The maximum absolute atomic E-state index is 11.8. The maximum atomic E-state index is 11.8. The SMILES string of the molecule is CCc1cccc(C2CC(=O)N(C)C2=O)c1. The summed E-state index contributed by atoms with van der Waals surface area (Å²) in [4.78, 5) is 24.5. The smallest absolute Gasteiger partial charge is 0.236 e. The van der Waals surface area contributed by atoms with E-state index >= 15 is 0 Å². The summed E-state index contributed by atoms with van der Waals surface area (Å²) in [6.45, 7) is 2.08. The summed E-state index contributed by atoms with van der Waals surface area (Å²) < 4.78 is 0. The number of nitrogens with zero attached hydrogens (tertiary/aromatic N) is 1. The zero-order chi connectivity index (χ0) is 11.7. The van der Waals surface area contributed by atoms with Crippen LogP contribution in [0.3, 0.4) is 0 Å². The summed E-state index contributed by atoms with van der Waals surface area (Å²) in [5.74, 6) is -0.445. The molecule has 1 aliphatic rings. The average Bonchev–Trinajstić information content (AvgIpc) is 2.57. The van der Waals surface area contributed by atoms with Crippen LogP contribution in [-0.2, 0) is 16.0 Å². The molecule has 0 spiro atoms. The number of benzene rings is 1. The molecule has 0 N–H and O–H groups in total. The third-order valence-corrected chi connectivity index (χ3v) is 3.14. The Kier molecular flexibility index (Phi) is 2.77. The van der Waals surface area contributed by atoms with Gasteiger partial charge >= 0.3 is 0 Å². The van der Waals surface area contributed by atoms with Crippen LogP contribution in [0.5, 0.6) is 0 Å². The van der Waals surface area contributed by atoms with E-state index in [1.54, 1.807) is 7.05 Å². The first kappa shape index (κ1) is 10.9. The molecule has 0 radical (unpaired) electrons. The molecule has 3 nitrogen and oxygen atoms in total. The lowest BCUT2D eigenvalue weighted by molar-refractivity contribution is -0.137. The van der Waals surface area contributed by atoms with Gasteiger partial charge in [-0.25, -0.2) is 0 Å². The predicted octanol–water partition coefficient (Wildman–Crippen LogP) is 1.72. The second-order valence-electron chi connectivity index (χ2n) is 4.15. The van der Waals surface area contributed by atoms with Crippen LogP contribution in [0, 0.1) is 0 Å². The van der Waals surface area contributed by atoms with E-state index in [0.717, 1.165) is 12.0 Å². The average molecular weight is 217 g/mol. The molecule has 84 valence electrons. The van der Waals surface area contributed by atoms with Crippen molar-refractivity contribution in [2.75, 3.05) is 7.05 Å². The maximum Gasteiger partial charge on any atom is 0.236 e. The monoisotopic (exact) mass is 217 g/mol. The first-order chi connectivity index (χ1) is 7.63. The van der Waals surface area contributed by atoms with Crippen LogP contribution in [0.2, 0.25) is 0 Å². The second-order valence-corrected chi connectivity index (χ2v) is 4.15. The van der Waals surface area contributed by atoms with Gasteiger partial charge < -0.3 is 0 Å². The Morgan fingerprint density at radius 3 is 2.69 bits per heavy atom. The minimum atomic E-state index is -0.274. The lowest BCUT2D eigenvalue weighted by atomic mass is 9.95. The van der Waals surface area contributed by atoms with Crippen molar-refractivity contribution in [2.45, 2.75) is 25.7 Å². The molecule has 1 atom stereocenters. The number of aryl methyl sites for hydroxylation is 1. The molecule has 1 fully saturated rings. The molecule has 0 saturated carbocycles. The molecule has 2 amide bonds. The van der Waals surface area contributed by atoms with E-state index in [9.17, 15) is 9.59 Å². The Balaban J connectivity index is 2.31. The molecule has 1 heterocycles. The Labute approximate surface area is 95.1 Å². The molecular weight excluding hydrogens is 202 g/mol. The van der Waals surface area contributed by atoms with Gasteiger partial charge in [0.25, 0.3) is 0 Å². The van der Waals surface area contributed by atoms with Crippen LogP contribution in [0.15, 0.2) is 24.3 Å². The van der Waals surface area contributed by atoms with Gasteiger partial charge in [0, 0.05) is 13.5 Å². The van der Waals surface area contributed by atoms with Crippen LogP contribution < -0.4 is 0 Å². The Bertz CT molecular complexity index is 439. The largest absolute Gasteiger partial charge is 0.285 e. The number of carbonyl (C=O) groups excluding carboxylic acids is 2. The van der Waals surface area contributed by atoms with E-state index < -0.39 is 0 Å². The number of imide groups is 1. The van der Waals surface area contributed by atoms with E-state index in [1.165, 1.54) is 10.5 Å². The summed E-state index contributed by atoms with van der Waals surface area (Å²) in [7, 11) is 1.55. The normalized spacial score (nSPS) is 20.6. The van der Waals surface area contributed by atoms with Crippen LogP contribution in [-0.4, -0.2) is 23.8 Å². The number of rotatable bonds is 2. The summed E-state index contributed by atoms with van der Waals surface area (Å²) >= 11 is 0. The van der Waals surface area contributed by atoms with Gasteiger partial charge in [-0.2, -0.15) is 0 Å².